The van der Waals surface area contributed by atoms with Crippen LogP contribution in [-0.2, 0) is 17.9 Å². The van der Waals surface area contributed by atoms with Crippen LogP contribution in [0.4, 0.5) is 0 Å². The maximum Gasteiger partial charge on any atom is 0.258 e. The highest BCUT2D eigenvalue weighted by Gasteiger charge is 2.28. The third kappa shape index (κ3) is 2.98. The van der Waals surface area contributed by atoms with Crippen molar-refractivity contribution in [1.29, 1.82) is 0 Å². The molecular formula is C20H16ClN5O2. The number of hydrogen-bond acceptors (Lipinski definition) is 6. The van der Waals surface area contributed by atoms with Gasteiger partial charge in [-0.25, -0.2) is 4.68 Å². The summed E-state index contributed by atoms with van der Waals surface area (Å²) >= 11 is 6.30. The standard InChI is InChI=1S/C20H16ClN5O2/c1-12-6-8-13(9-7-12)20-22-19(24-28-20)18-16-11-27-17(10-26(16)25-23-18)14-4-2-3-5-15(14)21/h2-9,17H,10-11H2,1H3. The predicted molar refractivity (Wildman–Crippen MR) is 102 cm³/mol. The minimum absolute atomic E-state index is 0.177. The minimum Gasteiger partial charge on any atom is -0.365 e. The highest BCUT2D eigenvalue weighted by Crippen LogP contribution is 2.33. The average Bonchev–Trinajstić information content (AvgIpc) is 3.35. The van der Waals surface area contributed by atoms with E-state index in [2.05, 4.69) is 20.5 Å². The zero-order valence-corrected chi connectivity index (χ0v) is 15.8. The molecule has 0 fully saturated rings. The van der Waals surface area contributed by atoms with Gasteiger partial charge >= 0.3 is 0 Å². The van der Waals surface area contributed by atoms with Gasteiger partial charge in [-0.15, -0.1) is 5.10 Å². The predicted octanol–water partition coefficient (Wildman–Crippen LogP) is 4.23. The summed E-state index contributed by atoms with van der Waals surface area (Å²) in [4.78, 5) is 4.48. The average molecular weight is 394 g/mol. The number of nitrogens with zero attached hydrogens (tertiary/aromatic N) is 5. The normalized spacial score (nSPS) is 16.1. The van der Waals surface area contributed by atoms with E-state index in [-0.39, 0.29) is 6.10 Å². The lowest BCUT2D eigenvalue weighted by atomic mass is 10.1. The number of benzene rings is 2. The number of ether oxygens (including phenoxy) is 1. The maximum absolute atomic E-state index is 6.30. The second kappa shape index (κ2) is 6.85. The van der Waals surface area contributed by atoms with Crippen LogP contribution in [0.2, 0.25) is 5.02 Å². The number of aryl methyl sites for hydroxylation is 1. The van der Waals surface area contributed by atoms with Crippen LogP contribution in [0.15, 0.2) is 53.1 Å². The molecular weight excluding hydrogens is 378 g/mol. The fraction of sp³-hybridized carbons (Fsp3) is 0.200. The molecule has 3 heterocycles. The third-order valence-corrected chi connectivity index (χ3v) is 5.13. The molecule has 140 valence electrons. The number of aromatic nitrogens is 5. The Hall–Kier alpha value is -3.03. The molecule has 0 N–H and O–H groups in total. The molecule has 0 saturated carbocycles. The van der Waals surface area contributed by atoms with Crippen LogP contribution in [0, 0.1) is 6.92 Å². The molecule has 5 rings (SSSR count). The Bertz CT molecular complexity index is 1140. The van der Waals surface area contributed by atoms with E-state index in [1.54, 1.807) is 0 Å². The van der Waals surface area contributed by atoms with Gasteiger partial charge < -0.3 is 9.26 Å². The van der Waals surface area contributed by atoms with Gasteiger partial charge in [0, 0.05) is 16.1 Å². The molecule has 2 aromatic carbocycles. The highest BCUT2D eigenvalue weighted by molar-refractivity contribution is 6.31. The van der Waals surface area contributed by atoms with Gasteiger partial charge in [0.25, 0.3) is 5.89 Å². The zero-order valence-electron chi connectivity index (χ0n) is 15.0. The van der Waals surface area contributed by atoms with Crippen molar-refractivity contribution < 1.29 is 9.26 Å². The van der Waals surface area contributed by atoms with Gasteiger partial charge in [0.2, 0.25) is 5.82 Å². The molecule has 4 aromatic rings. The Balaban J connectivity index is 1.43. The van der Waals surface area contributed by atoms with Gasteiger partial charge in [0.15, 0.2) is 5.69 Å². The molecule has 0 spiro atoms. The molecule has 0 bridgehead atoms. The van der Waals surface area contributed by atoms with Gasteiger partial charge in [0.05, 0.1) is 18.8 Å². The van der Waals surface area contributed by atoms with Gasteiger partial charge in [-0.3, -0.25) is 0 Å². The fourth-order valence-corrected chi connectivity index (χ4v) is 3.50. The molecule has 28 heavy (non-hydrogen) atoms. The second-order valence-corrected chi connectivity index (χ2v) is 7.08. The summed E-state index contributed by atoms with van der Waals surface area (Å²) < 4.78 is 13.3. The Labute approximate surface area is 165 Å². The highest BCUT2D eigenvalue weighted by atomic mass is 35.5. The first-order valence-corrected chi connectivity index (χ1v) is 9.26. The Morgan fingerprint density at radius 2 is 1.93 bits per heavy atom. The van der Waals surface area contributed by atoms with Gasteiger partial charge in [-0.1, -0.05) is 57.9 Å². The van der Waals surface area contributed by atoms with E-state index in [4.69, 9.17) is 20.9 Å². The number of halogens is 1. The van der Waals surface area contributed by atoms with Crippen LogP contribution < -0.4 is 0 Å². The summed E-state index contributed by atoms with van der Waals surface area (Å²) in [7, 11) is 0. The van der Waals surface area contributed by atoms with Gasteiger partial charge in [-0.2, -0.15) is 4.98 Å². The molecule has 8 heteroatoms. The van der Waals surface area contributed by atoms with Crippen molar-refractivity contribution in [3.05, 3.63) is 70.4 Å². The summed E-state index contributed by atoms with van der Waals surface area (Å²) in [6.07, 6.45) is -0.177. The van der Waals surface area contributed by atoms with E-state index in [0.29, 0.717) is 35.6 Å². The topological polar surface area (TPSA) is 78.9 Å². The van der Waals surface area contributed by atoms with Gasteiger partial charge in [0.1, 0.15) is 6.10 Å². The Morgan fingerprint density at radius 1 is 1.11 bits per heavy atom. The van der Waals surface area contributed by atoms with Crippen LogP contribution in [0.25, 0.3) is 23.0 Å². The first-order valence-electron chi connectivity index (χ1n) is 8.88. The van der Waals surface area contributed by atoms with Crippen molar-refractivity contribution in [2.45, 2.75) is 26.2 Å². The summed E-state index contributed by atoms with van der Waals surface area (Å²) in [5.74, 6) is 0.846. The SMILES string of the molecule is Cc1ccc(-c2nc(-c3nnn4c3COC(c3ccccc3Cl)C4)no2)cc1. The van der Waals surface area contributed by atoms with Crippen molar-refractivity contribution in [3.8, 4) is 23.0 Å². The molecule has 1 atom stereocenters. The molecule has 0 aliphatic carbocycles. The maximum atomic E-state index is 6.30. The van der Waals surface area contributed by atoms with Crippen LogP contribution in [0.1, 0.15) is 22.9 Å². The molecule has 1 aliphatic heterocycles. The van der Waals surface area contributed by atoms with Gasteiger partial charge in [-0.05, 0) is 25.1 Å². The Morgan fingerprint density at radius 3 is 2.75 bits per heavy atom. The lowest BCUT2D eigenvalue weighted by molar-refractivity contribution is -0.00106. The van der Waals surface area contributed by atoms with E-state index in [9.17, 15) is 0 Å². The smallest absolute Gasteiger partial charge is 0.258 e. The summed E-state index contributed by atoms with van der Waals surface area (Å²) in [5, 5.41) is 13.3. The summed E-state index contributed by atoms with van der Waals surface area (Å²) in [5.41, 5.74) is 4.36. The summed E-state index contributed by atoms with van der Waals surface area (Å²) in [6.45, 7) is 2.89. The van der Waals surface area contributed by atoms with Crippen LogP contribution >= 0.6 is 11.6 Å². The van der Waals surface area contributed by atoms with Crippen molar-refractivity contribution >= 4 is 11.6 Å². The number of fused-ring (bicyclic) bond motifs is 1. The van der Waals surface area contributed by atoms with Crippen molar-refractivity contribution in [1.82, 2.24) is 25.1 Å². The van der Waals surface area contributed by atoms with E-state index in [1.165, 1.54) is 5.56 Å². The van der Waals surface area contributed by atoms with Crippen molar-refractivity contribution in [2.24, 2.45) is 0 Å². The van der Waals surface area contributed by atoms with Crippen LogP contribution in [0.3, 0.4) is 0 Å². The molecule has 0 radical (unpaired) electrons. The van der Waals surface area contributed by atoms with Crippen molar-refractivity contribution in [3.63, 3.8) is 0 Å². The zero-order chi connectivity index (χ0) is 19.1. The lowest BCUT2D eigenvalue weighted by Crippen LogP contribution is -2.22. The lowest BCUT2D eigenvalue weighted by Gasteiger charge is -2.24. The largest absolute Gasteiger partial charge is 0.365 e. The minimum atomic E-state index is -0.177. The molecule has 0 saturated heterocycles. The molecule has 7 nitrogen and oxygen atoms in total. The van der Waals surface area contributed by atoms with E-state index in [1.807, 2.05) is 60.1 Å². The number of rotatable bonds is 3. The first kappa shape index (κ1) is 17.1. The monoisotopic (exact) mass is 393 g/mol. The number of hydrogen-bond donors (Lipinski definition) is 0. The van der Waals surface area contributed by atoms with E-state index < -0.39 is 0 Å². The Kier molecular flexibility index (Phi) is 4.18. The van der Waals surface area contributed by atoms with Crippen molar-refractivity contribution in [2.75, 3.05) is 0 Å². The molecule has 1 aliphatic rings. The molecule has 0 amide bonds. The third-order valence-electron chi connectivity index (χ3n) is 4.79. The second-order valence-electron chi connectivity index (χ2n) is 6.68. The van der Waals surface area contributed by atoms with Crippen LogP contribution in [-0.4, -0.2) is 25.1 Å². The van der Waals surface area contributed by atoms with Crippen LogP contribution in [0.5, 0.6) is 0 Å². The molecule has 2 aromatic heterocycles. The molecule has 1 unspecified atom stereocenters. The first-order chi connectivity index (χ1) is 13.7. The fourth-order valence-electron chi connectivity index (χ4n) is 3.24. The summed E-state index contributed by atoms with van der Waals surface area (Å²) in [6, 6.07) is 15.6. The van der Waals surface area contributed by atoms with E-state index in [0.717, 1.165) is 16.8 Å². The van der Waals surface area contributed by atoms with E-state index >= 15 is 0 Å². The quantitative estimate of drug-likeness (QED) is 0.518.